The van der Waals surface area contributed by atoms with Crippen LogP contribution in [0.25, 0.3) is 0 Å². The summed E-state index contributed by atoms with van der Waals surface area (Å²) in [6, 6.07) is 0. The van der Waals surface area contributed by atoms with Crippen LogP contribution in [0.3, 0.4) is 0 Å². The molecule has 0 aliphatic carbocycles. The van der Waals surface area contributed by atoms with Gasteiger partial charge >= 0.3 is 0 Å². The van der Waals surface area contributed by atoms with Crippen LogP contribution in [0, 0.1) is 20.5 Å². The third kappa shape index (κ3) is 3.65. The molecule has 1 aromatic heterocycles. The molecule has 49 valence electrons. The van der Waals surface area contributed by atoms with Crippen LogP contribution < -0.4 is 5.69 Å². The van der Waals surface area contributed by atoms with Gasteiger partial charge in [-0.25, -0.2) is 0 Å². The molecule has 3 nitrogen and oxygen atoms in total. The number of hydrogen-bond acceptors (Lipinski definition) is 1. The zero-order valence-corrected chi connectivity index (χ0v) is 8.32. The van der Waals surface area contributed by atoms with Crippen molar-refractivity contribution >= 4 is 0 Å². The van der Waals surface area contributed by atoms with E-state index in [1.165, 1.54) is 0 Å². The molecular weight excluding hydrogens is 193 g/mol. The van der Waals surface area contributed by atoms with Crippen molar-refractivity contribution in [3.8, 4) is 0 Å². The summed E-state index contributed by atoms with van der Waals surface area (Å²) >= 11 is 0. The van der Waals surface area contributed by atoms with Gasteiger partial charge in [0.25, 0.3) is 0 Å². The molecule has 9 heavy (non-hydrogen) atoms. The first-order valence-corrected chi connectivity index (χ1v) is 1.95. The number of H-pyrrole nitrogens is 2. The van der Waals surface area contributed by atoms with Crippen molar-refractivity contribution in [2.45, 2.75) is 6.92 Å². The van der Waals surface area contributed by atoms with Crippen molar-refractivity contribution in [3.63, 3.8) is 0 Å². The normalized spacial score (nSPS) is 7.22. The van der Waals surface area contributed by atoms with E-state index >= 15 is 0 Å². The summed E-state index contributed by atoms with van der Waals surface area (Å²) in [6.07, 6.45) is 2.58. The number of aromatic amines is 2. The summed E-state index contributed by atoms with van der Waals surface area (Å²) in [4.78, 5) is 15.0. The van der Waals surface area contributed by atoms with Crippen molar-refractivity contribution < 1.29 is 32.7 Å². The summed E-state index contributed by atoms with van der Waals surface area (Å²) in [6.45, 7) is 1.76. The summed E-state index contributed by atoms with van der Waals surface area (Å²) < 4.78 is 0. The van der Waals surface area contributed by atoms with Gasteiger partial charge in [-0.2, -0.15) is 6.20 Å². The summed E-state index contributed by atoms with van der Waals surface area (Å²) in [5, 5.41) is 0. The average molecular weight is 201 g/mol. The Morgan fingerprint density at radius 2 is 2.11 bits per heavy atom. The van der Waals surface area contributed by atoms with Crippen LogP contribution in [0.4, 0.5) is 0 Å². The van der Waals surface area contributed by atoms with E-state index in [0.29, 0.717) is 0 Å². The predicted octanol–water partition coefficient (Wildman–Crippen LogP) is 0.259. The van der Waals surface area contributed by atoms with Gasteiger partial charge in [0.05, 0.1) is 0 Å². The molecule has 2 N–H and O–H groups in total. The largest absolute Gasteiger partial charge is 0.477 e. The Kier molecular flexibility index (Phi) is 6.51. The summed E-state index contributed by atoms with van der Waals surface area (Å²) in [5.74, 6) is 0. The standard InChI is InChI=1S/C4H5N2O.CH3.Y/c1-3-2-5-4(7)6-3;;/h1H3,(H2,5,6,7);1H3;/q2*-1;. The third-order valence-electron chi connectivity index (χ3n) is 0.665. The SMILES string of the molecule is Cc1[c-][nH]c(=O)[nH]1.[CH3-].[Y]. The summed E-state index contributed by atoms with van der Waals surface area (Å²) in [7, 11) is 0. The maximum atomic E-state index is 10.1. The van der Waals surface area contributed by atoms with Crippen LogP contribution in [-0.2, 0) is 32.7 Å². The zero-order chi connectivity index (χ0) is 5.28. The van der Waals surface area contributed by atoms with Gasteiger partial charge in [0.1, 0.15) is 0 Å². The van der Waals surface area contributed by atoms with Crippen LogP contribution in [-0.4, -0.2) is 9.97 Å². The van der Waals surface area contributed by atoms with Crippen molar-refractivity contribution in [2.75, 3.05) is 0 Å². The van der Waals surface area contributed by atoms with E-state index in [1.807, 2.05) is 0 Å². The van der Waals surface area contributed by atoms with Crippen LogP contribution >= 0.6 is 0 Å². The molecule has 0 saturated carbocycles. The monoisotopic (exact) mass is 201 g/mol. The Balaban J connectivity index is 0. The second-order valence-corrected chi connectivity index (χ2v) is 1.33. The topological polar surface area (TPSA) is 48.6 Å². The van der Waals surface area contributed by atoms with Crippen molar-refractivity contribution in [1.29, 1.82) is 0 Å². The Morgan fingerprint density at radius 3 is 2.22 bits per heavy atom. The Bertz CT molecular complexity index is 203. The van der Waals surface area contributed by atoms with Crippen LogP contribution in [0.1, 0.15) is 5.69 Å². The van der Waals surface area contributed by atoms with E-state index in [1.54, 1.807) is 6.92 Å². The minimum atomic E-state index is -0.197. The molecule has 0 amide bonds. The minimum Gasteiger partial charge on any atom is -0.477 e. The third-order valence-corrected chi connectivity index (χ3v) is 0.665. The van der Waals surface area contributed by atoms with Gasteiger partial charge in [-0.1, -0.05) is 5.69 Å². The fourth-order valence-electron chi connectivity index (χ4n) is 0.383. The number of imidazole rings is 1. The van der Waals surface area contributed by atoms with E-state index in [0.717, 1.165) is 5.69 Å². The van der Waals surface area contributed by atoms with E-state index in [2.05, 4.69) is 16.2 Å². The van der Waals surface area contributed by atoms with Crippen LogP contribution in [0.5, 0.6) is 0 Å². The maximum absolute atomic E-state index is 10.1. The second-order valence-electron chi connectivity index (χ2n) is 1.33. The molecule has 1 aromatic rings. The number of aromatic nitrogens is 2. The van der Waals surface area contributed by atoms with E-state index < -0.39 is 0 Å². The van der Waals surface area contributed by atoms with Gasteiger partial charge in [0.2, 0.25) is 0 Å². The molecule has 0 aliphatic rings. The molecule has 4 heteroatoms. The van der Waals surface area contributed by atoms with Gasteiger partial charge < -0.3 is 22.2 Å². The molecule has 0 aromatic carbocycles. The Morgan fingerprint density at radius 1 is 1.56 bits per heavy atom. The number of hydrogen-bond donors (Lipinski definition) is 2. The van der Waals surface area contributed by atoms with Gasteiger partial charge in [-0.05, 0) is 6.92 Å². The molecule has 1 radical (unpaired) electrons. The van der Waals surface area contributed by atoms with Gasteiger partial charge in [-0.3, -0.25) is 0 Å². The number of nitrogens with one attached hydrogen (secondary N) is 2. The molecule has 0 saturated heterocycles. The molecule has 0 spiro atoms. The van der Waals surface area contributed by atoms with Crippen LogP contribution in [0.15, 0.2) is 4.79 Å². The second kappa shape index (κ2) is 4.94. The Labute approximate surface area is 79.1 Å². The maximum Gasteiger partial charge on any atom is 0.161 e. The molecule has 0 atom stereocenters. The molecule has 0 aliphatic heterocycles. The zero-order valence-electron chi connectivity index (χ0n) is 5.49. The van der Waals surface area contributed by atoms with Crippen molar-refractivity contribution in [3.05, 3.63) is 29.8 Å². The smallest absolute Gasteiger partial charge is 0.161 e. The molecule has 1 rings (SSSR count). The predicted molar refractivity (Wildman–Crippen MR) is 31.4 cm³/mol. The minimum absolute atomic E-state index is 0. The Hall–Kier alpha value is 0.114. The van der Waals surface area contributed by atoms with E-state index in [9.17, 15) is 4.79 Å². The van der Waals surface area contributed by atoms with Crippen molar-refractivity contribution in [2.24, 2.45) is 0 Å². The van der Waals surface area contributed by atoms with Gasteiger partial charge in [0.15, 0.2) is 5.69 Å². The van der Waals surface area contributed by atoms with Crippen molar-refractivity contribution in [1.82, 2.24) is 9.97 Å². The average Bonchev–Trinajstić information content (AvgIpc) is 1.87. The first kappa shape index (κ1) is 11.9. The van der Waals surface area contributed by atoms with E-state index in [4.69, 9.17) is 0 Å². The first-order chi connectivity index (χ1) is 3.29. The molecule has 1 heterocycles. The van der Waals surface area contributed by atoms with E-state index in [-0.39, 0.29) is 45.8 Å². The van der Waals surface area contributed by atoms with Gasteiger partial charge in [-0.15, -0.1) is 0 Å². The molecule has 0 fully saturated rings. The first-order valence-electron chi connectivity index (χ1n) is 1.95. The molecular formula is C5H8N2OY-2. The van der Waals surface area contributed by atoms with Crippen LogP contribution in [0.2, 0.25) is 0 Å². The summed E-state index contributed by atoms with van der Waals surface area (Å²) in [5.41, 5.74) is 0.544. The molecule has 0 unspecified atom stereocenters. The van der Waals surface area contributed by atoms with Gasteiger partial charge in [0, 0.05) is 32.7 Å². The quantitative estimate of drug-likeness (QED) is 0.581. The number of rotatable bonds is 0. The molecule has 0 bridgehead atoms. The number of aryl methyl sites for hydroxylation is 1. The fourth-order valence-corrected chi connectivity index (χ4v) is 0.383. The fraction of sp³-hybridized carbons (Fsp3) is 0.200.